The minimum Gasteiger partial charge on any atom is -0.496 e. The maximum Gasteiger partial charge on any atom is 0.273 e. The molecular weight excluding hydrogens is 266 g/mol. The van der Waals surface area contributed by atoms with E-state index in [2.05, 4.69) is 16.2 Å². The zero-order valence-electron chi connectivity index (χ0n) is 10.6. The first kappa shape index (κ1) is 14.9. The highest BCUT2D eigenvalue weighted by Crippen LogP contribution is 2.16. The van der Waals surface area contributed by atoms with Gasteiger partial charge in [0.15, 0.2) is 5.11 Å². The molecule has 1 rings (SSSR count). The molecule has 0 radical (unpaired) electrons. The first-order chi connectivity index (χ1) is 9.08. The topological polar surface area (TPSA) is 79.5 Å². The minimum absolute atomic E-state index is 0.0371. The molecule has 0 aliphatic rings. The third-order valence-electron chi connectivity index (χ3n) is 2.22. The number of ether oxygens (including phenoxy) is 1. The fraction of sp³-hybridized carbons (Fsp3) is 0.250. The van der Waals surface area contributed by atoms with Gasteiger partial charge in [0, 0.05) is 6.42 Å². The van der Waals surface area contributed by atoms with E-state index in [1.54, 1.807) is 31.2 Å². The molecule has 0 saturated heterocycles. The average Bonchev–Trinajstić information content (AvgIpc) is 2.44. The van der Waals surface area contributed by atoms with Gasteiger partial charge >= 0.3 is 0 Å². The van der Waals surface area contributed by atoms with Crippen LogP contribution in [0.3, 0.4) is 0 Å². The van der Waals surface area contributed by atoms with Crippen LogP contribution >= 0.6 is 12.2 Å². The lowest BCUT2D eigenvalue weighted by Crippen LogP contribution is -2.48. The second-order valence-electron chi connectivity index (χ2n) is 3.51. The van der Waals surface area contributed by atoms with Crippen LogP contribution in [0, 0.1) is 0 Å². The number of benzene rings is 1. The Morgan fingerprint density at radius 1 is 1.26 bits per heavy atom. The smallest absolute Gasteiger partial charge is 0.273 e. The van der Waals surface area contributed by atoms with Gasteiger partial charge in [-0.1, -0.05) is 19.1 Å². The third kappa shape index (κ3) is 4.55. The van der Waals surface area contributed by atoms with Gasteiger partial charge in [-0.25, -0.2) is 0 Å². The standard InChI is InChI=1S/C12H15N3O3S/c1-3-10(16)13-12(19)15-14-11(17)8-6-4-5-7-9(8)18-2/h4-7H,3H2,1-2H3,(H,14,17)(H2,13,15,16,19). The highest BCUT2D eigenvalue weighted by Gasteiger charge is 2.11. The first-order valence-electron chi connectivity index (χ1n) is 5.61. The number of nitrogens with one attached hydrogen (secondary N) is 3. The van der Waals surface area contributed by atoms with E-state index in [-0.39, 0.29) is 11.0 Å². The van der Waals surface area contributed by atoms with E-state index in [1.807, 2.05) is 0 Å². The second kappa shape index (κ2) is 7.32. The van der Waals surface area contributed by atoms with Crippen molar-refractivity contribution in [2.24, 2.45) is 0 Å². The van der Waals surface area contributed by atoms with Crippen LogP contribution in [0.4, 0.5) is 0 Å². The molecule has 1 aromatic carbocycles. The lowest BCUT2D eigenvalue weighted by atomic mass is 10.2. The van der Waals surface area contributed by atoms with Crippen LogP contribution in [0.2, 0.25) is 0 Å². The van der Waals surface area contributed by atoms with Crippen molar-refractivity contribution < 1.29 is 14.3 Å². The third-order valence-corrected chi connectivity index (χ3v) is 2.42. The van der Waals surface area contributed by atoms with Crippen molar-refractivity contribution in [3.8, 4) is 5.75 Å². The summed E-state index contributed by atoms with van der Waals surface area (Å²) in [6.07, 6.45) is 0.308. The summed E-state index contributed by atoms with van der Waals surface area (Å²) in [7, 11) is 1.48. The number of para-hydroxylation sites is 1. The van der Waals surface area contributed by atoms with Gasteiger partial charge in [0.1, 0.15) is 5.75 Å². The molecule has 0 fully saturated rings. The molecule has 0 bridgehead atoms. The van der Waals surface area contributed by atoms with Crippen LogP contribution in [0.25, 0.3) is 0 Å². The monoisotopic (exact) mass is 281 g/mol. The van der Waals surface area contributed by atoms with Crippen LogP contribution in [0.15, 0.2) is 24.3 Å². The molecule has 0 atom stereocenters. The Kier molecular flexibility index (Phi) is 5.74. The summed E-state index contributed by atoms with van der Waals surface area (Å²) in [5.41, 5.74) is 5.18. The molecular formula is C12H15N3O3S. The quantitative estimate of drug-likeness (QED) is 0.562. The SMILES string of the molecule is CCC(=O)NC(=S)NNC(=O)c1ccccc1OC. The van der Waals surface area contributed by atoms with Gasteiger partial charge in [-0.3, -0.25) is 20.4 Å². The van der Waals surface area contributed by atoms with E-state index in [9.17, 15) is 9.59 Å². The molecule has 1 aromatic rings. The number of amides is 2. The predicted molar refractivity (Wildman–Crippen MR) is 74.6 cm³/mol. The van der Waals surface area contributed by atoms with Gasteiger partial charge in [0.2, 0.25) is 5.91 Å². The Morgan fingerprint density at radius 3 is 2.58 bits per heavy atom. The number of hydrazine groups is 1. The van der Waals surface area contributed by atoms with Crippen LogP contribution < -0.4 is 20.9 Å². The van der Waals surface area contributed by atoms with E-state index < -0.39 is 5.91 Å². The Hall–Kier alpha value is -2.15. The number of methoxy groups -OCH3 is 1. The molecule has 0 aliphatic heterocycles. The van der Waals surface area contributed by atoms with E-state index in [0.29, 0.717) is 17.7 Å². The molecule has 0 aliphatic carbocycles. The Morgan fingerprint density at radius 2 is 1.95 bits per heavy atom. The zero-order chi connectivity index (χ0) is 14.3. The van der Waals surface area contributed by atoms with Crippen LogP contribution in [0.1, 0.15) is 23.7 Å². The molecule has 0 saturated carbocycles. The van der Waals surface area contributed by atoms with E-state index in [4.69, 9.17) is 17.0 Å². The number of thiocarbonyl (C=S) groups is 1. The number of carbonyl (C=O) groups is 2. The molecule has 6 nitrogen and oxygen atoms in total. The summed E-state index contributed by atoms with van der Waals surface area (Å²) in [4.78, 5) is 22.9. The highest BCUT2D eigenvalue weighted by molar-refractivity contribution is 7.80. The Bertz CT molecular complexity index is 491. The van der Waals surface area contributed by atoms with Gasteiger partial charge in [0.05, 0.1) is 12.7 Å². The van der Waals surface area contributed by atoms with Gasteiger partial charge in [-0.05, 0) is 24.4 Å². The summed E-state index contributed by atoms with van der Waals surface area (Å²) in [6.45, 7) is 1.70. The lowest BCUT2D eigenvalue weighted by molar-refractivity contribution is -0.119. The van der Waals surface area contributed by atoms with Crippen molar-refractivity contribution in [1.82, 2.24) is 16.2 Å². The largest absolute Gasteiger partial charge is 0.496 e. The minimum atomic E-state index is -0.412. The van der Waals surface area contributed by atoms with Crippen LogP contribution in [-0.4, -0.2) is 24.0 Å². The molecule has 0 unspecified atom stereocenters. The van der Waals surface area contributed by atoms with Crippen molar-refractivity contribution in [3.05, 3.63) is 29.8 Å². The van der Waals surface area contributed by atoms with Gasteiger partial charge < -0.3 is 10.1 Å². The first-order valence-corrected chi connectivity index (χ1v) is 6.02. The second-order valence-corrected chi connectivity index (χ2v) is 3.92. The molecule has 0 spiro atoms. The molecule has 19 heavy (non-hydrogen) atoms. The molecule has 2 amide bonds. The van der Waals surface area contributed by atoms with E-state index >= 15 is 0 Å². The molecule has 0 aromatic heterocycles. The molecule has 102 valence electrons. The predicted octanol–water partition coefficient (Wildman–Crippen LogP) is 0.741. The molecule has 3 N–H and O–H groups in total. The summed E-state index contributed by atoms with van der Waals surface area (Å²) in [5, 5.41) is 2.44. The Labute approximate surface area is 116 Å². The lowest BCUT2D eigenvalue weighted by Gasteiger charge is -2.11. The fourth-order valence-electron chi connectivity index (χ4n) is 1.26. The van der Waals surface area contributed by atoms with Crippen LogP contribution in [0.5, 0.6) is 5.75 Å². The van der Waals surface area contributed by atoms with Crippen LogP contribution in [-0.2, 0) is 4.79 Å². The average molecular weight is 281 g/mol. The van der Waals surface area contributed by atoms with Crippen molar-refractivity contribution >= 4 is 29.1 Å². The number of hydrogen-bond acceptors (Lipinski definition) is 4. The van der Waals surface area contributed by atoms with Crippen molar-refractivity contribution in [2.45, 2.75) is 13.3 Å². The highest BCUT2D eigenvalue weighted by atomic mass is 32.1. The summed E-state index contributed by atoms with van der Waals surface area (Å²) >= 11 is 4.84. The molecule has 0 heterocycles. The maximum absolute atomic E-state index is 11.9. The zero-order valence-corrected chi connectivity index (χ0v) is 11.5. The van der Waals surface area contributed by atoms with E-state index in [0.717, 1.165) is 0 Å². The van der Waals surface area contributed by atoms with Gasteiger partial charge in [-0.2, -0.15) is 0 Å². The summed E-state index contributed by atoms with van der Waals surface area (Å²) in [6, 6.07) is 6.76. The van der Waals surface area contributed by atoms with Gasteiger partial charge in [0.25, 0.3) is 5.91 Å². The van der Waals surface area contributed by atoms with Crippen molar-refractivity contribution in [1.29, 1.82) is 0 Å². The summed E-state index contributed by atoms with van der Waals surface area (Å²) < 4.78 is 5.06. The number of hydrogen-bond donors (Lipinski definition) is 3. The van der Waals surface area contributed by atoms with E-state index in [1.165, 1.54) is 7.11 Å². The fourth-order valence-corrected chi connectivity index (χ4v) is 1.42. The van der Waals surface area contributed by atoms with Crippen molar-refractivity contribution in [2.75, 3.05) is 7.11 Å². The molecule has 7 heteroatoms. The summed E-state index contributed by atoms with van der Waals surface area (Å²) in [5.74, 6) is -0.195. The normalized spacial score (nSPS) is 9.37. The van der Waals surface area contributed by atoms with Gasteiger partial charge in [-0.15, -0.1) is 0 Å². The van der Waals surface area contributed by atoms with Crippen molar-refractivity contribution in [3.63, 3.8) is 0 Å². The maximum atomic E-state index is 11.9. The number of rotatable bonds is 3. The Balaban J connectivity index is 2.56. The number of carbonyl (C=O) groups excluding carboxylic acids is 2.